The van der Waals surface area contributed by atoms with E-state index < -0.39 is 116 Å². The molecule has 0 aliphatic heterocycles. The Labute approximate surface area is 397 Å². The second kappa shape index (κ2) is 21.9. The van der Waals surface area contributed by atoms with Crippen molar-refractivity contribution in [1.29, 1.82) is 0 Å². The molecule has 0 saturated heterocycles. The number of hydrogen-bond donors (Lipinski definition) is 0. The summed E-state index contributed by atoms with van der Waals surface area (Å²) in [5.41, 5.74) is 1.12. The van der Waals surface area contributed by atoms with Crippen LogP contribution in [0.1, 0.15) is 51.0 Å². The Morgan fingerprint density at radius 2 is 0.800 bits per heavy atom. The van der Waals surface area contributed by atoms with Crippen molar-refractivity contribution in [2.75, 3.05) is 19.8 Å². The first kappa shape index (κ1) is 66.9. The van der Waals surface area contributed by atoms with Gasteiger partial charge in [-0.15, -0.1) is 0 Å². The third-order valence-electron chi connectivity index (χ3n) is 9.81. The molecule has 0 unspecified atom stereocenters. The van der Waals surface area contributed by atoms with E-state index in [1.165, 1.54) is 24.5 Å². The van der Waals surface area contributed by atoms with E-state index in [-0.39, 0.29) is 11.6 Å². The highest BCUT2D eigenvalue weighted by Gasteiger charge is 2.97. The monoisotopic (exact) mass is 1170 g/mol. The molecule has 0 spiro atoms. The fraction of sp³-hybridized carbons (Fsp3) is 0.730. The fourth-order valence-corrected chi connectivity index (χ4v) is 5.41. The summed E-state index contributed by atoms with van der Waals surface area (Å²) in [4.78, 5) is 8.34. The van der Waals surface area contributed by atoms with Gasteiger partial charge in [0.05, 0.1) is 6.61 Å². The third-order valence-corrected chi connectivity index (χ3v) is 9.81. The van der Waals surface area contributed by atoms with Crippen LogP contribution in [0.4, 0.5) is 140 Å². The minimum atomic E-state index is -9.77. The van der Waals surface area contributed by atoms with E-state index in [4.69, 9.17) is 4.74 Å². The zero-order valence-corrected chi connectivity index (χ0v) is 36.2. The summed E-state index contributed by atoms with van der Waals surface area (Å²) in [5, 5.41) is 0. The molecule has 0 radical (unpaired) electrons. The van der Waals surface area contributed by atoms with Crippen LogP contribution in [0.5, 0.6) is 5.75 Å². The quantitative estimate of drug-likeness (QED) is 0.0574. The van der Waals surface area contributed by atoms with Crippen molar-refractivity contribution in [3.05, 3.63) is 42.2 Å². The summed E-state index contributed by atoms with van der Waals surface area (Å²) < 4.78 is 449. The van der Waals surface area contributed by atoms with Crippen LogP contribution in [0.15, 0.2) is 36.7 Å². The number of alkyl halides is 32. The molecule has 0 amide bonds. The number of aromatic nitrogens is 2. The summed E-state index contributed by atoms with van der Waals surface area (Å²) >= 11 is 0. The molecule has 2 aromatic rings. The number of unbranched alkanes of at least 4 members (excludes halogenated alkanes) is 5. The van der Waals surface area contributed by atoms with Gasteiger partial charge in [0, 0.05) is 18.0 Å². The van der Waals surface area contributed by atoms with Crippen LogP contribution >= 0.6 is 0 Å². The molecule has 0 aliphatic carbocycles. The van der Waals surface area contributed by atoms with Crippen LogP contribution in [0, 0.1) is 0 Å². The zero-order chi connectivity index (χ0) is 58.9. The molecular formula is C37H30F32N2O4. The Bertz CT molecular complexity index is 2150. The summed E-state index contributed by atoms with van der Waals surface area (Å²) in [6, 6.07) is 4.76. The predicted molar refractivity (Wildman–Crippen MR) is 183 cm³/mol. The van der Waals surface area contributed by atoms with E-state index in [9.17, 15) is 140 Å². The minimum Gasteiger partial charge on any atom is -0.490 e. The Kier molecular flexibility index (Phi) is 19.5. The molecule has 6 nitrogen and oxygen atoms in total. The molecule has 0 N–H and O–H groups in total. The van der Waals surface area contributed by atoms with Gasteiger partial charge in [0.25, 0.3) is 0 Å². The van der Waals surface area contributed by atoms with Crippen molar-refractivity contribution in [2.45, 2.75) is 148 Å². The highest BCUT2D eigenvalue weighted by atomic mass is 19.4. The van der Waals surface area contributed by atoms with Crippen LogP contribution in [-0.4, -0.2) is 126 Å². The molecule has 2 rings (SSSR count). The van der Waals surface area contributed by atoms with E-state index in [1.807, 2.05) is 0 Å². The van der Waals surface area contributed by atoms with Gasteiger partial charge < -0.3 is 9.47 Å². The summed E-state index contributed by atoms with van der Waals surface area (Å²) in [6.07, 6.45) is -36.3. The van der Waals surface area contributed by atoms with Gasteiger partial charge >= 0.3 is 89.8 Å². The first-order chi connectivity index (χ1) is 33.3. The van der Waals surface area contributed by atoms with Crippen LogP contribution in [0.2, 0.25) is 0 Å². The molecule has 38 heteroatoms. The number of halogens is 32. The first-order valence-corrected chi connectivity index (χ1v) is 19.8. The lowest BCUT2D eigenvalue weighted by Crippen LogP contribution is -2.76. The van der Waals surface area contributed by atoms with Crippen molar-refractivity contribution >= 4 is 0 Å². The number of hydrogen-bond acceptors (Lipinski definition) is 6. The number of nitrogens with zero attached hydrogens (tertiary/aromatic N) is 2. The minimum absolute atomic E-state index is 0.163. The van der Waals surface area contributed by atoms with Crippen molar-refractivity contribution in [2.24, 2.45) is 0 Å². The molecule has 0 saturated carbocycles. The van der Waals surface area contributed by atoms with Gasteiger partial charge in [-0.25, -0.2) is 23.8 Å². The summed E-state index contributed by atoms with van der Waals surface area (Å²) in [6.45, 7) is -4.93. The largest absolute Gasteiger partial charge is 0.490 e. The number of rotatable bonds is 30. The van der Waals surface area contributed by atoms with Crippen LogP contribution in [0.3, 0.4) is 0 Å². The van der Waals surface area contributed by atoms with Gasteiger partial charge in [-0.2, -0.15) is 136 Å². The Balaban J connectivity index is 2.24. The van der Waals surface area contributed by atoms with Crippen molar-refractivity contribution < 1.29 is 159 Å². The van der Waals surface area contributed by atoms with Crippen LogP contribution in [0.25, 0.3) is 11.4 Å². The molecule has 75 heavy (non-hydrogen) atoms. The number of ether oxygens (including phenoxy) is 4. The third kappa shape index (κ3) is 12.5. The Hall–Kier alpha value is -4.26. The lowest BCUT2D eigenvalue weighted by atomic mass is 9.87. The van der Waals surface area contributed by atoms with Crippen LogP contribution in [-0.2, 0) is 20.6 Å². The average Bonchev–Trinajstić information content (AvgIpc) is 3.25. The predicted octanol–water partition coefficient (Wildman–Crippen LogP) is 15.1. The highest BCUT2D eigenvalue weighted by molar-refractivity contribution is 5.55. The topological polar surface area (TPSA) is 62.7 Å². The Morgan fingerprint density at radius 3 is 1.21 bits per heavy atom. The van der Waals surface area contributed by atoms with E-state index in [2.05, 4.69) is 21.6 Å². The molecule has 1 atom stereocenters. The summed E-state index contributed by atoms with van der Waals surface area (Å²) in [5.74, 6) is -90.3. The zero-order valence-electron chi connectivity index (χ0n) is 36.2. The number of aryl methyl sites for hydroxylation is 1. The Morgan fingerprint density at radius 1 is 0.427 bits per heavy atom. The molecule has 436 valence electrons. The second-order valence-electron chi connectivity index (χ2n) is 15.5. The normalized spacial score (nSPS) is 15.6. The smallest absolute Gasteiger partial charge is 0.460 e. The average molecular weight is 1170 g/mol. The molecule has 0 fully saturated rings. The maximum Gasteiger partial charge on any atom is 0.460 e. The summed E-state index contributed by atoms with van der Waals surface area (Å²) in [7, 11) is 0. The molecule has 1 aromatic carbocycles. The molecule has 0 bridgehead atoms. The van der Waals surface area contributed by atoms with E-state index in [1.54, 1.807) is 0 Å². The van der Waals surface area contributed by atoms with Crippen molar-refractivity contribution in [3.63, 3.8) is 0 Å². The van der Waals surface area contributed by atoms with Crippen molar-refractivity contribution in [3.8, 4) is 17.1 Å². The lowest BCUT2D eigenvalue weighted by Gasteiger charge is -2.44. The van der Waals surface area contributed by atoms with Crippen LogP contribution < -0.4 is 4.74 Å². The highest BCUT2D eigenvalue weighted by Crippen LogP contribution is 2.66. The maximum atomic E-state index is 14.3. The SMILES string of the molecule is CCCCCCCCc1cnc(-c2ccc(OC[C@H](F)COCC(F)(F)C(F)(F)C(F)(F)C(F)(F)C(F)(F)C(F)(F)C(F)(F)C(F)(F)C(F)(F)OC(F)(F)C(F)(F)OC(F)(F)C(F)(F)C(F)(F)C(F)(F)F)cc2)nc1. The van der Waals surface area contributed by atoms with Gasteiger partial charge in [-0.3, -0.25) is 0 Å². The van der Waals surface area contributed by atoms with E-state index >= 15 is 0 Å². The first-order valence-electron chi connectivity index (χ1n) is 19.8. The van der Waals surface area contributed by atoms with Gasteiger partial charge in [0.1, 0.15) is 19.0 Å². The molecule has 1 heterocycles. The van der Waals surface area contributed by atoms with E-state index in [0.29, 0.717) is 12.0 Å². The van der Waals surface area contributed by atoms with Gasteiger partial charge in [0.2, 0.25) is 0 Å². The molecule has 1 aromatic heterocycles. The van der Waals surface area contributed by atoms with Crippen molar-refractivity contribution in [1.82, 2.24) is 9.97 Å². The van der Waals surface area contributed by atoms with Gasteiger partial charge in [-0.05, 0) is 42.7 Å². The van der Waals surface area contributed by atoms with Gasteiger partial charge in [-0.1, -0.05) is 39.0 Å². The second-order valence-corrected chi connectivity index (χ2v) is 15.5. The lowest BCUT2D eigenvalue weighted by molar-refractivity contribution is -0.560. The maximum absolute atomic E-state index is 14.3. The standard InChI is InChI=1S/C37H30F32N2O4/c1-2-3-4-5-6-7-8-18-13-70-22(71-14-18)19-9-11-21(12-10-19)73-16-20(38)15-72-17-23(39,40)24(41,42)25(43,44)26(45,46)27(47,48)28(49,50)29(51,52)31(55,56)34(62,63)74-36(66,67)37(68,69)75-35(64,65)32(57,58)30(53,54)33(59,60)61/h9-14,20H,2-8,15-17H2,1H3/t20-/m1/s1. The number of benzene rings is 1. The molecule has 0 aliphatic rings. The van der Waals surface area contributed by atoms with E-state index in [0.717, 1.165) is 65.7 Å². The molecular weight excluding hydrogens is 1140 g/mol. The fourth-order valence-electron chi connectivity index (χ4n) is 5.41. The van der Waals surface area contributed by atoms with Gasteiger partial charge in [0.15, 0.2) is 12.0 Å².